The SMILES string of the molecule is O=C(NC(=S)Nc1ccc(N2CCN(C(=O)c3cc4ccccc4o3)CC2)cc1)c1cccc2ccccc12. The largest absolute Gasteiger partial charge is 0.451 e. The predicted octanol–water partition coefficient (Wildman–Crippen LogP) is 5.68. The number of carbonyl (C=O) groups excluding carboxylic acids is 2. The molecular formula is C31H26N4O3S. The van der Waals surface area contributed by atoms with Gasteiger partial charge >= 0.3 is 0 Å². The van der Waals surface area contributed by atoms with Gasteiger partial charge in [-0.2, -0.15) is 0 Å². The molecule has 5 aromatic rings. The van der Waals surface area contributed by atoms with Gasteiger partial charge in [0.1, 0.15) is 5.58 Å². The van der Waals surface area contributed by atoms with Crippen LogP contribution < -0.4 is 15.5 Å². The highest BCUT2D eigenvalue weighted by Crippen LogP contribution is 2.23. The molecule has 2 heterocycles. The second kappa shape index (κ2) is 10.6. The van der Waals surface area contributed by atoms with Crippen molar-refractivity contribution in [2.45, 2.75) is 0 Å². The zero-order chi connectivity index (χ0) is 26.8. The summed E-state index contributed by atoms with van der Waals surface area (Å²) in [6, 6.07) is 30.7. The molecule has 6 rings (SSSR count). The van der Waals surface area contributed by atoms with E-state index in [1.54, 1.807) is 6.07 Å². The number of piperazine rings is 1. The highest BCUT2D eigenvalue weighted by molar-refractivity contribution is 7.80. The minimum Gasteiger partial charge on any atom is -0.451 e. The summed E-state index contributed by atoms with van der Waals surface area (Å²) in [5.41, 5.74) is 3.13. The summed E-state index contributed by atoms with van der Waals surface area (Å²) in [7, 11) is 0. The van der Waals surface area contributed by atoms with Crippen LogP contribution in [0.5, 0.6) is 0 Å². The molecule has 2 N–H and O–H groups in total. The number of nitrogens with zero attached hydrogens (tertiary/aromatic N) is 2. The molecule has 7 nitrogen and oxygen atoms in total. The molecule has 1 fully saturated rings. The van der Waals surface area contributed by atoms with Crippen molar-refractivity contribution in [1.29, 1.82) is 0 Å². The zero-order valence-electron chi connectivity index (χ0n) is 21.1. The van der Waals surface area contributed by atoms with E-state index in [-0.39, 0.29) is 16.9 Å². The van der Waals surface area contributed by atoms with Crippen LogP contribution in [0.25, 0.3) is 21.7 Å². The van der Waals surface area contributed by atoms with Crippen molar-refractivity contribution in [3.63, 3.8) is 0 Å². The third kappa shape index (κ3) is 5.19. The van der Waals surface area contributed by atoms with E-state index in [0.717, 1.165) is 46.2 Å². The summed E-state index contributed by atoms with van der Waals surface area (Å²) in [4.78, 5) is 29.9. The average molecular weight is 535 g/mol. The van der Waals surface area contributed by atoms with Crippen molar-refractivity contribution >= 4 is 62.3 Å². The van der Waals surface area contributed by atoms with E-state index in [0.29, 0.717) is 24.4 Å². The van der Waals surface area contributed by atoms with Crippen molar-refractivity contribution in [3.8, 4) is 0 Å². The maximum Gasteiger partial charge on any atom is 0.289 e. The zero-order valence-corrected chi connectivity index (χ0v) is 21.9. The van der Waals surface area contributed by atoms with Gasteiger partial charge in [-0.15, -0.1) is 0 Å². The second-order valence-corrected chi connectivity index (χ2v) is 9.82. The van der Waals surface area contributed by atoms with Crippen LogP contribution in [0.3, 0.4) is 0 Å². The number of hydrogen-bond acceptors (Lipinski definition) is 5. The number of fused-ring (bicyclic) bond motifs is 2. The number of amides is 2. The van der Waals surface area contributed by atoms with Gasteiger partial charge in [-0.1, -0.05) is 54.6 Å². The highest BCUT2D eigenvalue weighted by Gasteiger charge is 2.24. The van der Waals surface area contributed by atoms with Gasteiger partial charge in [0.05, 0.1) is 0 Å². The molecule has 2 amide bonds. The summed E-state index contributed by atoms with van der Waals surface area (Å²) in [6.45, 7) is 2.66. The number of anilines is 2. The van der Waals surface area contributed by atoms with E-state index in [1.807, 2.05) is 95.9 Å². The third-order valence-electron chi connectivity index (χ3n) is 6.95. The Labute approximate surface area is 231 Å². The predicted molar refractivity (Wildman–Crippen MR) is 158 cm³/mol. The summed E-state index contributed by atoms with van der Waals surface area (Å²) in [5.74, 6) is 0.0454. The maximum absolute atomic E-state index is 13.0. The first-order valence-corrected chi connectivity index (χ1v) is 13.2. The van der Waals surface area contributed by atoms with Crippen LogP contribution in [-0.2, 0) is 0 Å². The fourth-order valence-electron chi connectivity index (χ4n) is 4.92. The number of benzene rings is 4. The molecule has 0 radical (unpaired) electrons. The minimum absolute atomic E-state index is 0.0792. The molecule has 4 aromatic carbocycles. The summed E-state index contributed by atoms with van der Waals surface area (Å²) in [6.07, 6.45) is 0. The van der Waals surface area contributed by atoms with Crippen molar-refractivity contribution < 1.29 is 14.0 Å². The molecule has 0 unspecified atom stereocenters. The maximum atomic E-state index is 13.0. The van der Waals surface area contributed by atoms with Crippen molar-refractivity contribution in [2.75, 3.05) is 36.4 Å². The molecule has 8 heteroatoms. The lowest BCUT2D eigenvalue weighted by molar-refractivity contribution is 0.0717. The lowest BCUT2D eigenvalue weighted by Crippen LogP contribution is -2.48. The Bertz CT molecular complexity index is 1650. The van der Waals surface area contributed by atoms with E-state index >= 15 is 0 Å². The first kappa shape index (κ1) is 24.6. The molecular weight excluding hydrogens is 508 g/mol. The first-order valence-electron chi connectivity index (χ1n) is 12.8. The Morgan fingerprint density at radius 1 is 0.769 bits per heavy atom. The summed E-state index contributed by atoms with van der Waals surface area (Å²) >= 11 is 5.39. The number of para-hydroxylation sites is 1. The van der Waals surface area contributed by atoms with Gasteiger partial charge in [0.2, 0.25) is 0 Å². The Morgan fingerprint density at radius 3 is 2.23 bits per heavy atom. The van der Waals surface area contributed by atoms with Gasteiger partial charge in [0, 0.05) is 48.5 Å². The minimum atomic E-state index is -0.254. The molecule has 0 saturated carbocycles. The Kier molecular flexibility index (Phi) is 6.69. The molecule has 1 aromatic heterocycles. The van der Waals surface area contributed by atoms with Crippen molar-refractivity contribution in [3.05, 3.63) is 108 Å². The van der Waals surface area contributed by atoms with Crippen molar-refractivity contribution in [1.82, 2.24) is 10.2 Å². The third-order valence-corrected chi connectivity index (χ3v) is 7.16. The van der Waals surface area contributed by atoms with Gasteiger partial charge in [-0.05, 0) is 65.5 Å². The Morgan fingerprint density at radius 2 is 1.46 bits per heavy atom. The smallest absolute Gasteiger partial charge is 0.289 e. The van der Waals surface area contributed by atoms with Crippen LogP contribution >= 0.6 is 12.2 Å². The number of furan rings is 1. The monoisotopic (exact) mass is 534 g/mol. The van der Waals surface area contributed by atoms with Gasteiger partial charge in [0.25, 0.3) is 11.8 Å². The van der Waals surface area contributed by atoms with Gasteiger partial charge in [0.15, 0.2) is 10.9 Å². The molecule has 194 valence electrons. The Hall–Kier alpha value is -4.69. The van der Waals surface area contributed by atoms with Gasteiger partial charge in [-0.25, -0.2) is 0 Å². The molecule has 1 aliphatic rings. The average Bonchev–Trinajstić information content (AvgIpc) is 3.41. The number of thiocarbonyl (C=S) groups is 1. The normalized spacial score (nSPS) is 13.4. The van der Waals surface area contributed by atoms with E-state index in [9.17, 15) is 9.59 Å². The van der Waals surface area contributed by atoms with Crippen LogP contribution in [0, 0.1) is 0 Å². The van der Waals surface area contributed by atoms with E-state index in [1.165, 1.54) is 0 Å². The van der Waals surface area contributed by atoms with Crippen LogP contribution in [0.4, 0.5) is 11.4 Å². The van der Waals surface area contributed by atoms with Crippen LogP contribution in [0.1, 0.15) is 20.9 Å². The standard InChI is InChI=1S/C31H26N4O3S/c36-29(26-10-5-8-21-6-1-3-9-25(21)26)33-31(39)32-23-12-14-24(15-13-23)34-16-18-35(19-17-34)30(37)28-20-22-7-2-4-11-27(22)38-28/h1-15,20H,16-19H2,(H2,32,33,36,39). The number of hydrogen-bond donors (Lipinski definition) is 2. The molecule has 39 heavy (non-hydrogen) atoms. The van der Waals surface area contributed by atoms with E-state index < -0.39 is 0 Å². The number of nitrogens with one attached hydrogen (secondary N) is 2. The molecule has 0 aliphatic carbocycles. The summed E-state index contributed by atoms with van der Waals surface area (Å²) < 4.78 is 5.76. The first-order chi connectivity index (χ1) is 19.0. The van der Waals surface area contributed by atoms with E-state index in [2.05, 4.69) is 15.5 Å². The molecule has 0 atom stereocenters. The van der Waals surface area contributed by atoms with E-state index in [4.69, 9.17) is 16.6 Å². The van der Waals surface area contributed by atoms with Gasteiger partial charge in [-0.3, -0.25) is 14.9 Å². The van der Waals surface area contributed by atoms with Crippen LogP contribution in [0.2, 0.25) is 0 Å². The lowest BCUT2D eigenvalue weighted by atomic mass is 10.0. The molecule has 0 bridgehead atoms. The molecule has 0 spiro atoms. The Balaban J connectivity index is 1.03. The van der Waals surface area contributed by atoms with Crippen LogP contribution in [-0.4, -0.2) is 48.0 Å². The summed E-state index contributed by atoms with van der Waals surface area (Å²) in [5, 5.41) is 8.91. The van der Waals surface area contributed by atoms with Crippen molar-refractivity contribution in [2.24, 2.45) is 0 Å². The molecule has 1 saturated heterocycles. The number of carbonyl (C=O) groups is 2. The second-order valence-electron chi connectivity index (χ2n) is 9.41. The topological polar surface area (TPSA) is 77.8 Å². The van der Waals surface area contributed by atoms with Gasteiger partial charge < -0.3 is 19.5 Å². The fraction of sp³-hybridized carbons (Fsp3) is 0.129. The number of rotatable bonds is 4. The quantitative estimate of drug-likeness (QED) is 0.289. The molecule has 1 aliphatic heterocycles. The fourth-order valence-corrected chi connectivity index (χ4v) is 5.13. The lowest BCUT2D eigenvalue weighted by Gasteiger charge is -2.35. The highest BCUT2D eigenvalue weighted by atomic mass is 32.1. The van der Waals surface area contributed by atoms with Crippen LogP contribution in [0.15, 0.2) is 101 Å².